The second-order valence-electron chi connectivity index (χ2n) is 8.51. The molecule has 6 atom stereocenters. The van der Waals surface area contributed by atoms with Crippen LogP contribution < -0.4 is 0 Å². The Hall–Kier alpha value is -0.520. The van der Waals surface area contributed by atoms with E-state index in [2.05, 4.69) is 26.5 Å². The van der Waals surface area contributed by atoms with E-state index < -0.39 is 0 Å². The summed E-state index contributed by atoms with van der Waals surface area (Å²) in [6.45, 7) is 9.34. The molecule has 0 radical (unpaired) electrons. The van der Waals surface area contributed by atoms with Gasteiger partial charge in [-0.1, -0.05) is 44.1 Å². The van der Waals surface area contributed by atoms with Crippen molar-refractivity contribution in [2.45, 2.75) is 65.2 Å². The van der Waals surface area contributed by atoms with Gasteiger partial charge in [-0.3, -0.25) is 0 Å². The van der Waals surface area contributed by atoms with Crippen LogP contribution >= 0.6 is 0 Å². The zero-order valence-corrected chi connectivity index (χ0v) is 13.3. The standard InChI is InChI=1S/C20H30/c1-13-10-11-20(3)15(12-13)5-7-18-17-6-4-14(2)16(17)8-9-19(18)20/h12,14,16-19H,1,4-11H2,2-3H3. The predicted molar refractivity (Wildman–Crippen MR) is 85.4 cm³/mol. The zero-order valence-electron chi connectivity index (χ0n) is 13.3. The Morgan fingerprint density at radius 2 is 1.80 bits per heavy atom. The molecule has 0 aliphatic heterocycles. The van der Waals surface area contributed by atoms with Crippen LogP contribution in [0.1, 0.15) is 65.2 Å². The summed E-state index contributed by atoms with van der Waals surface area (Å²) < 4.78 is 0. The molecule has 0 aromatic carbocycles. The summed E-state index contributed by atoms with van der Waals surface area (Å²) in [6, 6.07) is 0. The van der Waals surface area contributed by atoms with Crippen molar-refractivity contribution in [3.63, 3.8) is 0 Å². The third kappa shape index (κ3) is 1.72. The molecule has 0 bridgehead atoms. The van der Waals surface area contributed by atoms with E-state index in [1.165, 1.54) is 56.9 Å². The number of hydrogen-bond donors (Lipinski definition) is 0. The molecule has 0 spiro atoms. The molecule has 0 aromatic rings. The molecule has 4 rings (SSSR count). The first-order valence-electron chi connectivity index (χ1n) is 8.98. The highest BCUT2D eigenvalue weighted by Gasteiger charge is 2.53. The molecular formula is C20H30. The van der Waals surface area contributed by atoms with Gasteiger partial charge in [0.25, 0.3) is 0 Å². The summed E-state index contributed by atoms with van der Waals surface area (Å²) in [6.07, 6.45) is 14.0. The van der Waals surface area contributed by atoms with E-state index in [1.807, 2.05) is 0 Å². The van der Waals surface area contributed by atoms with Crippen molar-refractivity contribution in [1.29, 1.82) is 0 Å². The van der Waals surface area contributed by atoms with E-state index >= 15 is 0 Å². The maximum atomic E-state index is 4.23. The summed E-state index contributed by atoms with van der Waals surface area (Å²) in [5.41, 5.74) is 3.68. The van der Waals surface area contributed by atoms with Crippen LogP contribution in [-0.2, 0) is 0 Å². The maximum absolute atomic E-state index is 4.23. The Balaban J connectivity index is 1.66. The fourth-order valence-corrected chi connectivity index (χ4v) is 6.59. The fourth-order valence-electron chi connectivity index (χ4n) is 6.59. The van der Waals surface area contributed by atoms with Gasteiger partial charge in [0.15, 0.2) is 0 Å². The van der Waals surface area contributed by atoms with E-state index in [1.54, 1.807) is 5.57 Å². The van der Waals surface area contributed by atoms with Gasteiger partial charge in [0.1, 0.15) is 0 Å². The van der Waals surface area contributed by atoms with Crippen molar-refractivity contribution >= 4 is 0 Å². The Morgan fingerprint density at radius 1 is 1.00 bits per heavy atom. The van der Waals surface area contributed by atoms with Crippen molar-refractivity contribution in [3.05, 3.63) is 23.8 Å². The average molecular weight is 270 g/mol. The smallest absolute Gasteiger partial charge is 0.00790 e. The Labute approximate surface area is 124 Å². The summed E-state index contributed by atoms with van der Waals surface area (Å²) in [5, 5.41) is 0. The zero-order chi connectivity index (χ0) is 13.9. The molecule has 3 saturated carbocycles. The lowest BCUT2D eigenvalue weighted by Crippen LogP contribution is -2.46. The van der Waals surface area contributed by atoms with Crippen LogP contribution in [0, 0.1) is 35.0 Å². The highest BCUT2D eigenvalue weighted by molar-refractivity contribution is 5.33. The van der Waals surface area contributed by atoms with E-state index in [9.17, 15) is 0 Å². The largest absolute Gasteiger partial charge is 0.0958 e. The molecule has 3 fully saturated rings. The SMILES string of the molecule is C=C1C=C2CCC3C4CCC(C)C4CCC3C2(C)CC1. The second-order valence-corrected chi connectivity index (χ2v) is 8.51. The van der Waals surface area contributed by atoms with E-state index in [-0.39, 0.29) is 0 Å². The van der Waals surface area contributed by atoms with Crippen LogP contribution in [0.2, 0.25) is 0 Å². The number of rotatable bonds is 0. The first-order chi connectivity index (χ1) is 9.59. The van der Waals surface area contributed by atoms with Crippen LogP contribution in [0.5, 0.6) is 0 Å². The van der Waals surface area contributed by atoms with Gasteiger partial charge < -0.3 is 0 Å². The molecule has 0 saturated heterocycles. The second kappa shape index (κ2) is 4.49. The van der Waals surface area contributed by atoms with Crippen LogP contribution in [0.25, 0.3) is 0 Å². The molecule has 20 heavy (non-hydrogen) atoms. The van der Waals surface area contributed by atoms with Gasteiger partial charge in [0.05, 0.1) is 0 Å². The number of allylic oxidation sites excluding steroid dienone is 3. The normalized spacial score (nSPS) is 51.0. The lowest BCUT2D eigenvalue weighted by Gasteiger charge is -2.55. The lowest BCUT2D eigenvalue weighted by atomic mass is 9.49. The Kier molecular flexibility index (Phi) is 2.95. The highest BCUT2D eigenvalue weighted by Crippen LogP contribution is 2.62. The fraction of sp³-hybridized carbons (Fsp3) is 0.800. The van der Waals surface area contributed by atoms with Gasteiger partial charge in [0, 0.05) is 0 Å². The summed E-state index contributed by atoms with van der Waals surface area (Å²) in [7, 11) is 0. The first kappa shape index (κ1) is 13.2. The van der Waals surface area contributed by atoms with Crippen molar-refractivity contribution in [3.8, 4) is 0 Å². The van der Waals surface area contributed by atoms with Crippen molar-refractivity contribution in [2.24, 2.45) is 35.0 Å². The minimum Gasteiger partial charge on any atom is -0.0958 e. The molecule has 0 amide bonds. The minimum atomic E-state index is 0.529. The third-order valence-electron chi connectivity index (χ3n) is 7.76. The molecule has 6 unspecified atom stereocenters. The number of fused-ring (bicyclic) bond motifs is 5. The maximum Gasteiger partial charge on any atom is -0.00790 e. The van der Waals surface area contributed by atoms with Crippen LogP contribution in [-0.4, -0.2) is 0 Å². The summed E-state index contributed by atoms with van der Waals surface area (Å²) in [4.78, 5) is 0. The molecule has 0 aromatic heterocycles. The average Bonchev–Trinajstić information content (AvgIpc) is 2.82. The molecule has 0 heterocycles. The molecule has 0 nitrogen and oxygen atoms in total. The van der Waals surface area contributed by atoms with Gasteiger partial charge in [0.2, 0.25) is 0 Å². The van der Waals surface area contributed by atoms with Crippen LogP contribution in [0.15, 0.2) is 23.8 Å². The first-order valence-corrected chi connectivity index (χ1v) is 8.98. The van der Waals surface area contributed by atoms with Crippen molar-refractivity contribution in [2.75, 3.05) is 0 Å². The van der Waals surface area contributed by atoms with E-state index in [0.29, 0.717) is 5.41 Å². The van der Waals surface area contributed by atoms with Gasteiger partial charge in [-0.05, 0) is 80.0 Å². The molecule has 0 N–H and O–H groups in total. The summed E-state index contributed by atoms with van der Waals surface area (Å²) in [5.74, 6) is 5.20. The van der Waals surface area contributed by atoms with Crippen LogP contribution in [0.3, 0.4) is 0 Å². The third-order valence-corrected chi connectivity index (χ3v) is 7.76. The van der Waals surface area contributed by atoms with Gasteiger partial charge in [-0.25, -0.2) is 0 Å². The van der Waals surface area contributed by atoms with Gasteiger partial charge in [-0.15, -0.1) is 0 Å². The van der Waals surface area contributed by atoms with Crippen LogP contribution in [0.4, 0.5) is 0 Å². The molecular weight excluding hydrogens is 240 g/mol. The highest BCUT2D eigenvalue weighted by atomic mass is 14.6. The Bertz CT molecular complexity index is 457. The van der Waals surface area contributed by atoms with E-state index in [4.69, 9.17) is 0 Å². The molecule has 0 heteroatoms. The molecule has 4 aliphatic rings. The van der Waals surface area contributed by atoms with Gasteiger partial charge in [-0.2, -0.15) is 0 Å². The monoisotopic (exact) mass is 270 g/mol. The quantitative estimate of drug-likeness (QED) is 0.525. The molecule has 110 valence electrons. The van der Waals surface area contributed by atoms with Crippen molar-refractivity contribution < 1.29 is 0 Å². The number of hydrogen-bond acceptors (Lipinski definition) is 0. The minimum absolute atomic E-state index is 0.529. The predicted octanol–water partition coefficient (Wildman–Crippen LogP) is 5.75. The Morgan fingerprint density at radius 3 is 2.65 bits per heavy atom. The van der Waals surface area contributed by atoms with Crippen molar-refractivity contribution in [1.82, 2.24) is 0 Å². The van der Waals surface area contributed by atoms with E-state index in [0.717, 1.165) is 29.6 Å². The topological polar surface area (TPSA) is 0 Å². The lowest BCUT2D eigenvalue weighted by molar-refractivity contribution is -0.00342. The van der Waals surface area contributed by atoms with Gasteiger partial charge >= 0.3 is 0 Å². The molecule has 4 aliphatic carbocycles. The summed E-state index contributed by atoms with van der Waals surface area (Å²) >= 11 is 0.